The quantitative estimate of drug-likeness (QED) is 0.585. The van der Waals surface area contributed by atoms with Crippen molar-refractivity contribution in [1.82, 2.24) is 9.62 Å². The molecule has 0 amide bonds. The van der Waals surface area contributed by atoms with Gasteiger partial charge in [-0.25, -0.2) is 8.42 Å². The van der Waals surface area contributed by atoms with Gasteiger partial charge in [0.1, 0.15) is 0 Å². The predicted molar refractivity (Wildman–Crippen MR) is 123 cm³/mol. The van der Waals surface area contributed by atoms with Gasteiger partial charge >= 0.3 is 0 Å². The molecule has 5 nitrogen and oxygen atoms in total. The lowest BCUT2D eigenvalue weighted by Gasteiger charge is -2.37. The maximum absolute atomic E-state index is 13.3. The van der Waals surface area contributed by atoms with E-state index in [4.69, 9.17) is 4.43 Å². The Morgan fingerprint density at radius 3 is 2.28 bits per heavy atom. The van der Waals surface area contributed by atoms with E-state index in [1.807, 2.05) is 6.07 Å². The molecule has 2 rings (SSSR count). The maximum Gasteiger partial charge on any atom is 0.243 e. The summed E-state index contributed by atoms with van der Waals surface area (Å²) < 4.78 is 34.7. The van der Waals surface area contributed by atoms with Crippen LogP contribution >= 0.6 is 0 Å². The fourth-order valence-corrected chi connectivity index (χ4v) is 6.15. The molecule has 29 heavy (non-hydrogen) atoms. The van der Waals surface area contributed by atoms with E-state index in [2.05, 4.69) is 53.0 Å². The average molecular weight is 441 g/mol. The van der Waals surface area contributed by atoms with Crippen LogP contribution in [0.25, 0.3) is 0 Å². The molecule has 2 atom stereocenters. The van der Waals surface area contributed by atoms with Gasteiger partial charge in [0, 0.05) is 26.2 Å². The van der Waals surface area contributed by atoms with Crippen LogP contribution < -0.4 is 5.32 Å². The van der Waals surface area contributed by atoms with E-state index in [1.165, 1.54) is 0 Å². The lowest BCUT2D eigenvalue weighted by Crippen LogP contribution is -2.44. The molecule has 0 aromatic heterocycles. The van der Waals surface area contributed by atoms with Gasteiger partial charge in [-0.1, -0.05) is 52.8 Å². The van der Waals surface area contributed by atoms with Crippen LogP contribution in [0.4, 0.5) is 0 Å². The zero-order chi connectivity index (χ0) is 21.9. The van der Waals surface area contributed by atoms with E-state index in [0.717, 1.165) is 13.1 Å². The molecule has 1 N–H and O–H groups in total. The Morgan fingerprint density at radius 2 is 1.72 bits per heavy atom. The number of nitrogens with zero attached hydrogens (tertiary/aromatic N) is 1. The molecule has 0 radical (unpaired) electrons. The number of sulfonamides is 1. The standard InChI is InChI=1S/C22H40N2O3SSi/c1-18(2)15-24(28(25,26)21-11-9-8-10-12-21)16-19-13-23-14-20(19)17-27-29(6,7)22(3,4)5/h8-12,18-20,23H,13-17H2,1-7H3/t19-,20+/m0/s1. The second kappa shape index (κ2) is 9.60. The molecule has 1 aliphatic heterocycles. The summed E-state index contributed by atoms with van der Waals surface area (Å²) in [6.45, 7) is 18.9. The van der Waals surface area contributed by atoms with Gasteiger partial charge in [0.05, 0.1) is 4.90 Å². The Balaban J connectivity index is 2.14. The van der Waals surface area contributed by atoms with E-state index in [-0.39, 0.29) is 16.9 Å². The predicted octanol–water partition coefficient (Wildman–Crippen LogP) is 4.19. The lowest BCUT2D eigenvalue weighted by molar-refractivity contribution is 0.190. The third-order valence-corrected chi connectivity index (χ3v) is 12.7. The second-order valence-corrected chi connectivity index (χ2v) is 17.0. The van der Waals surface area contributed by atoms with Crippen molar-refractivity contribution in [3.8, 4) is 0 Å². The summed E-state index contributed by atoms with van der Waals surface area (Å²) in [5.41, 5.74) is 0. The summed E-state index contributed by atoms with van der Waals surface area (Å²) >= 11 is 0. The summed E-state index contributed by atoms with van der Waals surface area (Å²) in [5.74, 6) is 0.867. The van der Waals surface area contributed by atoms with Crippen LogP contribution in [0.1, 0.15) is 34.6 Å². The van der Waals surface area contributed by atoms with Crippen molar-refractivity contribution >= 4 is 18.3 Å². The van der Waals surface area contributed by atoms with Crippen LogP contribution in [0.2, 0.25) is 18.1 Å². The molecular formula is C22H40N2O3SSi. The molecule has 1 saturated heterocycles. The Hall–Kier alpha value is -0.733. The molecule has 166 valence electrons. The number of benzene rings is 1. The molecule has 1 aromatic carbocycles. The molecule has 1 aliphatic rings. The monoisotopic (exact) mass is 440 g/mol. The fourth-order valence-electron chi connectivity index (χ4n) is 3.41. The highest BCUT2D eigenvalue weighted by Crippen LogP contribution is 2.37. The van der Waals surface area contributed by atoms with E-state index in [0.29, 0.717) is 30.5 Å². The largest absolute Gasteiger partial charge is 0.416 e. The Labute approximate surface area is 179 Å². The Morgan fingerprint density at radius 1 is 1.14 bits per heavy atom. The van der Waals surface area contributed by atoms with Crippen molar-refractivity contribution in [2.24, 2.45) is 17.8 Å². The zero-order valence-corrected chi connectivity index (χ0v) is 21.1. The van der Waals surface area contributed by atoms with Crippen molar-refractivity contribution in [2.75, 3.05) is 32.8 Å². The third kappa shape index (κ3) is 6.37. The first-order valence-electron chi connectivity index (χ1n) is 10.7. The summed E-state index contributed by atoms with van der Waals surface area (Å²) in [6.07, 6.45) is 0. The smallest absolute Gasteiger partial charge is 0.243 e. The zero-order valence-electron chi connectivity index (χ0n) is 19.2. The van der Waals surface area contributed by atoms with Gasteiger partial charge in [-0.05, 0) is 54.6 Å². The van der Waals surface area contributed by atoms with Gasteiger partial charge in [0.25, 0.3) is 0 Å². The molecule has 1 fully saturated rings. The minimum Gasteiger partial charge on any atom is -0.416 e. The van der Waals surface area contributed by atoms with Crippen LogP contribution in [0.5, 0.6) is 0 Å². The van der Waals surface area contributed by atoms with Crippen LogP contribution in [-0.4, -0.2) is 53.8 Å². The van der Waals surface area contributed by atoms with E-state index >= 15 is 0 Å². The van der Waals surface area contributed by atoms with Gasteiger partial charge in [0.2, 0.25) is 10.0 Å². The lowest BCUT2D eigenvalue weighted by atomic mass is 9.97. The number of hydrogen-bond donors (Lipinski definition) is 1. The van der Waals surface area contributed by atoms with E-state index in [1.54, 1.807) is 28.6 Å². The summed E-state index contributed by atoms with van der Waals surface area (Å²) in [6, 6.07) is 8.79. The van der Waals surface area contributed by atoms with Gasteiger partial charge in [0.15, 0.2) is 8.32 Å². The second-order valence-electron chi connectivity index (χ2n) is 10.3. The first kappa shape index (κ1) is 24.5. The molecular weight excluding hydrogens is 400 g/mol. The number of hydrogen-bond acceptors (Lipinski definition) is 4. The summed E-state index contributed by atoms with van der Waals surface area (Å²) in [5, 5.41) is 3.64. The SMILES string of the molecule is CC(C)CN(C[C@@H]1CNC[C@@H]1CO[Si](C)(C)C(C)(C)C)S(=O)(=O)c1ccccc1. The minimum atomic E-state index is -3.50. The van der Waals surface area contributed by atoms with E-state index < -0.39 is 18.3 Å². The summed E-state index contributed by atoms with van der Waals surface area (Å²) in [7, 11) is -5.32. The molecule has 1 aromatic rings. The summed E-state index contributed by atoms with van der Waals surface area (Å²) in [4.78, 5) is 0.376. The minimum absolute atomic E-state index is 0.175. The van der Waals surface area contributed by atoms with Gasteiger partial charge in [-0.3, -0.25) is 0 Å². The van der Waals surface area contributed by atoms with E-state index in [9.17, 15) is 8.42 Å². The van der Waals surface area contributed by atoms with Crippen molar-refractivity contribution < 1.29 is 12.8 Å². The van der Waals surface area contributed by atoms with Gasteiger partial charge in [-0.15, -0.1) is 0 Å². The molecule has 0 saturated carbocycles. The first-order valence-corrected chi connectivity index (χ1v) is 15.1. The van der Waals surface area contributed by atoms with Gasteiger partial charge < -0.3 is 9.74 Å². The first-order chi connectivity index (χ1) is 13.3. The molecule has 7 heteroatoms. The highest BCUT2D eigenvalue weighted by Gasteiger charge is 2.40. The molecule has 0 spiro atoms. The Bertz CT molecular complexity index is 745. The van der Waals surface area contributed by atoms with Crippen molar-refractivity contribution in [2.45, 2.75) is 57.6 Å². The highest BCUT2D eigenvalue weighted by molar-refractivity contribution is 7.89. The topological polar surface area (TPSA) is 58.6 Å². The van der Waals surface area contributed by atoms with Crippen molar-refractivity contribution in [3.63, 3.8) is 0 Å². The number of nitrogens with one attached hydrogen (secondary N) is 1. The number of rotatable bonds is 9. The highest BCUT2D eigenvalue weighted by atomic mass is 32.2. The van der Waals surface area contributed by atoms with Crippen LogP contribution in [0, 0.1) is 17.8 Å². The van der Waals surface area contributed by atoms with Crippen LogP contribution in [0.15, 0.2) is 35.2 Å². The average Bonchev–Trinajstić information content (AvgIpc) is 3.06. The molecule has 0 aliphatic carbocycles. The van der Waals surface area contributed by atoms with Crippen molar-refractivity contribution in [1.29, 1.82) is 0 Å². The van der Waals surface area contributed by atoms with Crippen LogP contribution in [-0.2, 0) is 14.4 Å². The Kier molecular flexibility index (Phi) is 8.12. The van der Waals surface area contributed by atoms with Crippen molar-refractivity contribution in [3.05, 3.63) is 30.3 Å². The molecule has 0 unspecified atom stereocenters. The third-order valence-electron chi connectivity index (χ3n) is 6.33. The fraction of sp³-hybridized carbons (Fsp3) is 0.727. The molecule has 0 bridgehead atoms. The van der Waals surface area contributed by atoms with Gasteiger partial charge in [-0.2, -0.15) is 4.31 Å². The normalized spacial score (nSPS) is 21.3. The van der Waals surface area contributed by atoms with Crippen LogP contribution in [0.3, 0.4) is 0 Å². The molecule has 1 heterocycles. The maximum atomic E-state index is 13.3.